The van der Waals surface area contributed by atoms with E-state index in [1.807, 2.05) is 0 Å². The third-order valence-corrected chi connectivity index (χ3v) is 5.53. The van der Waals surface area contributed by atoms with Gasteiger partial charge in [-0.25, -0.2) is 4.98 Å². The minimum absolute atomic E-state index is 0.0598. The predicted molar refractivity (Wildman–Crippen MR) is 71.9 cm³/mol. The Morgan fingerprint density at radius 1 is 1.53 bits per heavy atom. The van der Waals surface area contributed by atoms with Gasteiger partial charge in [-0.2, -0.15) is 4.39 Å². The van der Waals surface area contributed by atoms with Gasteiger partial charge in [0.2, 0.25) is 5.95 Å². The first-order valence-corrected chi connectivity index (χ1v) is 6.87. The van der Waals surface area contributed by atoms with Gasteiger partial charge in [-0.1, -0.05) is 6.07 Å². The number of rotatable bonds is 3. The van der Waals surface area contributed by atoms with Crippen LogP contribution in [0.1, 0.15) is 31.2 Å². The van der Waals surface area contributed by atoms with Crippen LogP contribution in [0, 0.1) is 11.9 Å². The molecule has 2 aliphatic carbocycles. The molecule has 0 aliphatic heterocycles. The average molecular weight is 303 g/mol. The molecule has 1 aromatic rings. The maximum absolute atomic E-state index is 13.7. The maximum atomic E-state index is 13.7. The predicted octanol–water partition coefficient (Wildman–Crippen LogP) is 2.85. The molecule has 3 unspecified atom stereocenters. The Labute approximate surface area is 120 Å². The van der Waals surface area contributed by atoms with Crippen LogP contribution in [0.3, 0.4) is 0 Å². The molecule has 0 aromatic carbocycles. The van der Waals surface area contributed by atoms with E-state index in [0.29, 0.717) is 12.0 Å². The van der Waals surface area contributed by atoms with Crippen LogP contribution in [0.2, 0.25) is 0 Å². The lowest BCUT2D eigenvalue weighted by Gasteiger charge is -2.08. The normalized spacial score (nSPS) is 40.3. The van der Waals surface area contributed by atoms with E-state index < -0.39 is 15.7 Å². The summed E-state index contributed by atoms with van der Waals surface area (Å²) in [6.45, 7) is 1.63. The zero-order chi connectivity index (χ0) is 14.0. The molecule has 0 radical (unpaired) electrons. The second-order valence-electron chi connectivity index (χ2n) is 5.56. The highest BCUT2D eigenvalue weighted by atomic mass is 35.5. The number of hydrogen-bond acceptors (Lipinski definition) is 3. The molecule has 1 aromatic heterocycles. The van der Waals surface area contributed by atoms with E-state index in [9.17, 15) is 9.18 Å². The van der Waals surface area contributed by atoms with Gasteiger partial charge >= 0.3 is 0 Å². The smallest absolute Gasteiger partial charge is 0.218 e. The van der Waals surface area contributed by atoms with Gasteiger partial charge in [-0.3, -0.25) is 4.79 Å². The van der Waals surface area contributed by atoms with E-state index in [0.717, 1.165) is 6.42 Å². The van der Waals surface area contributed by atoms with Crippen molar-refractivity contribution >= 4 is 34.8 Å². The minimum atomic E-state index is -0.980. The molecule has 3 rings (SSSR count). The number of nitrogens with zero attached hydrogens (tertiary/aromatic N) is 1. The van der Waals surface area contributed by atoms with Gasteiger partial charge in [0.15, 0.2) is 5.78 Å². The molecule has 0 amide bonds. The van der Waals surface area contributed by atoms with Gasteiger partial charge in [0, 0.05) is 5.56 Å². The third-order valence-electron chi connectivity index (χ3n) is 4.23. The number of anilines is 1. The fourth-order valence-electron chi connectivity index (χ4n) is 2.73. The van der Waals surface area contributed by atoms with Crippen molar-refractivity contribution in [3.8, 4) is 0 Å². The Kier molecular flexibility index (Phi) is 2.64. The second kappa shape index (κ2) is 3.83. The van der Waals surface area contributed by atoms with Gasteiger partial charge in [0.25, 0.3) is 0 Å². The molecule has 0 spiro atoms. The molecular formula is C13H13Cl2FN2O. The summed E-state index contributed by atoms with van der Waals surface area (Å²) < 4.78 is 13.7. The summed E-state index contributed by atoms with van der Waals surface area (Å²) in [4.78, 5) is 13.3. The van der Waals surface area contributed by atoms with Gasteiger partial charge in [-0.15, -0.1) is 23.2 Å². The first kappa shape index (κ1) is 13.1. The van der Waals surface area contributed by atoms with Crippen molar-refractivity contribution in [2.45, 2.75) is 35.4 Å². The van der Waals surface area contributed by atoms with Crippen molar-refractivity contribution in [3.05, 3.63) is 23.6 Å². The Morgan fingerprint density at radius 2 is 2.16 bits per heavy atom. The van der Waals surface area contributed by atoms with E-state index in [4.69, 9.17) is 28.9 Å². The van der Waals surface area contributed by atoms with Gasteiger partial charge in [0.05, 0.1) is 0 Å². The Hall–Kier alpha value is -0.870. The number of nitrogen functional groups attached to an aromatic ring is 1. The lowest BCUT2D eigenvalue weighted by atomic mass is 10.1. The molecule has 2 aliphatic rings. The molecule has 0 bridgehead atoms. The van der Waals surface area contributed by atoms with Crippen LogP contribution in [0.4, 0.5) is 10.2 Å². The van der Waals surface area contributed by atoms with Crippen LogP contribution in [0.5, 0.6) is 0 Å². The van der Waals surface area contributed by atoms with Crippen molar-refractivity contribution in [2.24, 2.45) is 5.92 Å². The first-order valence-electron chi connectivity index (χ1n) is 6.12. The van der Waals surface area contributed by atoms with Crippen molar-refractivity contribution < 1.29 is 9.18 Å². The van der Waals surface area contributed by atoms with E-state index in [1.165, 1.54) is 0 Å². The van der Waals surface area contributed by atoms with Gasteiger partial charge < -0.3 is 5.73 Å². The van der Waals surface area contributed by atoms with Crippen LogP contribution in [-0.4, -0.2) is 20.5 Å². The summed E-state index contributed by atoms with van der Waals surface area (Å²) in [5, 5.41) is 0. The van der Waals surface area contributed by atoms with Crippen LogP contribution in [-0.2, 0) is 4.79 Å². The first-order chi connectivity index (χ1) is 8.77. The standard InChI is InChI=1S/C13H13Cl2FN2O/c1-12(14)11(19)13(12,15)5-6-4-8(6)7-2-3-9(17)18-10(7)16/h2-3,6,8H,4-5H2,1H3,(H2,17,18)/t6?,8?,12-,13?/m0/s1. The average Bonchev–Trinajstić information content (AvgIpc) is 3.14. The highest BCUT2D eigenvalue weighted by molar-refractivity contribution is 6.61. The summed E-state index contributed by atoms with van der Waals surface area (Å²) in [5.41, 5.74) is 5.96. The molecule has 6 heteroatoms. The molecule has 2 fully saturated rings. The number of alkyl halides is 2. The number of hydrogen-bond donors (Lipinski definition) is 1. The zero-order valence-corrected chi connectivity index (χ0v) is 11.8. The number of ketones is 1. The highest BCUT2D eigenvalue weighted by Gasteiger charge is 2.74. The topological polar surface area (TPSA) is 56.0 Å². The molecule has 2 N–H and O–H groups in total. The molecule has 4 atom stereocenters. The fraction of sp³-hybridized carbons (Fsp3) is 0.538. The Bertz CT molecular complexity index is 578. The van der Waals surface area contributed by atoms with Gasteiger partial charge in [-0.05, 0) is 37.7 Å². The summed E-state index contributed by atoms with van der Waals surface area (Å²) >= 11 is 12.3. The monoisotopic (exact) mass is 302 g/mol. The second-order valence-corrected chi connectivity index (χ2v) is 6.96. The number of carbonyl (C=O) groups excluding carboxylic acids is 1. The fourth-order valence-corrected chi connectivity index (χ4v) is 3.48. The molecule has 2 saturated carbocycles. The highest BCUT2D eigenvalue weighted by Crippen LogP contribution is 2.63. The molecule has 102 valence electrons. The summed E-state index contributed by atoms with van der Waals surface area (Å²) in [7, 11) is 0. The molecule has 3 nitrogen and oxygen atoms in total. The molecule has 0 saturated heterocycles. The SMILES string of the molecule is C[C@]1(Cl)C(=O)C1(Cl)CC1CC1c1ccc(N)nc1F. The van der Waals surface area contributed by atoms with Crippen molar-refractivity contribution in [1.29, 1.82) is 0 Å². The van der Waals surface area contributed by atoms with E-state index >= 15 is 0 Å². The largest absolute Gasteiger partial charge is 0.384 e. The lowest BCUT2D eigenvalue weighted by Crippen LogP contribution is -2.12. The van der Waals surface area contributed by atoms with Crippen molar-refractivity contribution in [2.75, 3.05) is 5.73 Å². The maximum Gasteiger partial charge on any atom is 0.218 e. The number of pyridine rings is 1. The molecule has 19 heavy (non-hydrogen) atoms. The van der Waals surface area contributed by atoms with Crippen LogP contribution in [0.25, 0.3) is 0 Å². The molecule has 1 heterocycles. The van der Waals surface area contributed by atoms with E-state index in [-0.39, 0.29) is 23.4 Å². The quantitative estimate of drug-likeness (QED) is 0.690. The van der Waals surface area contributed by atoms with Crippen LogP contribution < -0.4 is 5.73 Å². The number of halogens is 3. The Balaban J connectivity index is 1.71. The summed E-state index contributed by atoms with van der Waals surface area (Å²) in [6.07, 6.45) is 1.29. The zero-order valence-electron chi connectivity index (χ0n) is 10.3. The van der Waals surface area contributed by atoms with Crippen molar-refractivity contribution in [3.63, 3.8) is 0 Å². The summed E-state index contributed by atoms with van der Waals surface area (Å²) in [5.74, 6) is -0.263. The third kappa shape index (κ3) is 1.84. The van der Waals surface area contributed by atoms with E-state index in [1.54, 1.807) is 19.1 Å². The minimum Gasteiger partial charge on any atom is -0.384 e. The van der Waals surface area contributed by atoms with Crippen molar-refractivity contribution in [1.82, 2.24) is 4.98 Å². The summed E-state index contributed by atoms with van der Waals surface area (Å²) in [6, 6.07) is 3.23. The lowest BCUT2D eigenvalue weighted by molar-refractivity contribution is -0.111. The van der Waals surface area contributed by atoms with Crippen LogP contribution in [0.15, 0.2) is 12.1 Å². The Morgan fingerprint density at radius 3 is 2.68 bits per heavy atom. The van der Waals surface area contributed by atoms with Crippen LogP contribution >= 0.6 is 23.2 Å². The number of nitrogens with two attached hydrogens (primary N) is 1. The molecular weight excluding hydrogens is 290 g/mol. The van der Waals surface area contributed by atoms with E-state index in [2.05, 4.69) is 4.98 Å². The number of aromatic nitrogens is 1. The number of carbonyl (C=O) groups is 1. The number of Topliss-reactive ketones (excluding diaryl/α,β-unsaturated/α-hetero) is 1. The van der Waals surface area contributed by atoms with Gasteiger partial charge in [0.1, 0.15) is 15.6 Å².